The van der Waals surface area contributed by atoms with E-state index in [9.17, 15) is 14.4 Å². The summed E-state index contributed by atoms with van der Waals surface area (Å²) < 4.78 is 15.8. The molecule has 0 unspecified atom stereocenters. The van der Waals surface area contributed by atoms with Crippen LogP contribution in [-0.4, -0.2) is 24.5 Å². The number of hydrogen-bond acceptors (Lipinski definition) is 6. The standard InChI is InChI=1S/C27H24O6/c1-17(2)25(28)31-14-13-19-5-10-23(11-6-19)32-27(30)22-8-7-21-16-24(12-9-20(21)15-22)33-26(29)18(3)4/h5-12,15-16H,1,3,13-14H2,2,4H3. The van der Waals surface area contributed by atoms with Gasteiger partial charge in [0.25, 0.3) is 0 Å². The molecule has 33 heavy (non-hydrogen) atoms. The molecule has 0 N–H and O–H groups in total. The number of ether oxygens (including phenoxy) is 3. The smallest absolute Gasteiger partial charge is 0.343 e. The molecule has 0 saturated carbocycles. The van der Waals surface area contributed by atoms with Crippen LogP contribution in [0.2, 0.25) is 0 Å². The number of rotatable bonds is 8. The molecule has 0 amide bonds. The maximum absolute atomic E-state index is 12.6. The van der Waals surface area contributed by atoms with Crippen molar-refractivity contribution >= 4 is 28.7 Å². The van der Waals surface area contributed by atoms with Gasteiger partial charge in [0.05, 0.1) is 12.2 Å². The van der Waals surface area contributed by atoms with Gasteiger partial charge in [-0.2, -0.15) is 0 Å². The first kappa shape index (κ1) is 23.5. The Balaban J connectivity index is 1.61. The Hall–Kier alpha value is -4.19. The minimum absolute atomic E-state index is 0.246. The summed E-state index contributed by atoms with van der Waals surface area (Å²) in [7, 11) is 0. The molecule has 0 spiro atoms. The van der Waals surface area contributed by atoms with Crippen LogP contribution in [0.4, 0.5) is 0 Å². The van der Waals surface area contributed by atoms with E-state index in [0.29, 0.717) is 34.6 Å². The molecule has 0 aromatic heterocycles. The Morgan fingerprint density at radius 3 is 2.00 bits per heavy atom. The van der Waals surface area contributed by atoms with Gasteiger partial charge in [-0.05, 0) is 66.6 Å². The van der Waals surface area contributed by atoms with E-state index in [1.807, 2.05) is 12.1 Å². The predicted molar refractivity (Wildman–Crippen MR) is 125 cm³/mol. The molecule has 0 heterocycles. The maximum atomic E-state index is 12.6. The van der Waals surface area contributed by atoms with Gasteiger partial charge in [0.2, 0.25) is 0 Å². The summed E-state index contributed by atoms with van der Waals surface area (Å²) in [5.41, 5.74) is 2.01. The van der Waals surface area contributed by atoms with E-state index in [1.165, 1.54) is 0 Å². The van der Waals surface area contributed by atoms with Crippen LogP contribution in [0, 0.1) is 0 Å². The summed E-state index contributed by atoms with van der Waals surface area (Å²) >= 11 is 0. The molecule has 3 rings (SSSR count). The summed E-state index contributed by atoms with van der Waals surface area (Å²) in [5.74, 6) is -0.587. The Morgan fingerprint density at radius 2 is 1.33 bits per heavy atom. The summed E-state index contributed by atoms with van der Waals surface area (Å²) in [6.07, 6.45) is 0.543. The van der Waals surface area contributed by atoms with Crippen LogP contribution in [0.25, 0.3) is 10.8 Å². The van der Waals surface area contributed by atoms with Gasteiger partial charge in [-0.25, -0.2) is 14.4 Å². The highest BCUT2D eigenvalue weighted by molar-refractivity contribution is 5.97. The number of carbonyl (C=O) groups excluding carboxylic acids is 3. The molecule has 3 aromatic rings. The van der Waals surface area contributed by atoms with Crippen LogP contribution in [-0.2, 0) is 20.7 Å². The van der Waals surface area contributed by atoms with Crippen LogP contribution in [0.1, 0.15) is 29.8 Å². The minimum atomic E-state index is -0.492. The van der Waals surface area contributed by atoms with E-state index in [1.54, 1.807) is 62.4 Å². The molecule has 0 aliphatic carbocycles. The normalized spacial score (nSPS) is 10.4. The summed E-state index contributed by atoms with van der Waals surface area (Å²) in [4.78, 5) is 35.7. The molecule has 0 bridgehead atoms. The van der Waals surface area contributed by atoms with Crippen LogP contribution in [0.5, 0.6) is 11.5 Å². The third kappa shape index (κ3) is 6.40. The molecule has 6 nitrogen and oxygen atoms in total. The first-order chi connectivity index (χ1) is 15.7. The highest BCUT2D eigenvalue weighted by atomic mass is 16.5. The lowest BCUT2D eigenvalue weighted by molar-refractivity contribution is -0.138. The summed E-state index contributed by atoms with van der Waals surface area (Å²) in [6.45, 7) is 10.5. The second kappa shape index (κ2) is 10.4. The fourth-order valence-corrected chi connectivity index (χ4v) is 2.88. The third-order valence-corrected chi connectivity index (χ3v) is 4.71. The van der Waals surface area contributed by atoms with Crippen LogP contribution in [0.15, 0.2) is 85.0 Å². The molecule has 6 heteroatoms. The zero-order valence-corrected chi connectivity index (χ0v) is 18.6. The SMILES string of the molecule is C=C(C)C(=O)OCCc1ccc(OC(=O)c2ccc3cc(OC(=O)C(=C)C)ccc3c2)cc1. The predicted octanol–water partition coefficient (Wildman–Crippen LogP) is 5.20. The number of hydrogen-bond donors (Lipinski definition) is 0. The number of fused-ring (bicyclic) bond motifs is 1. The zero-order chi connectivity index (χ0) is 24.0. The lowest BCUT2D eigenvalue weighted by Gasteiger charge is -2.08. The Bertz CT molecular complexity index is 1240. The highest BCUT2D eigenvalue weighted by Crippen LogP contribution is 2.24. The van der Waals surface area contributed by atoms with Crippen molar-refractivity contribution in [1.29, 1.82) is 0 Å². The van der Waals surface area contributed by atoms with Crippen molar-refractivity contribution in [3.05, 3.63) is 96.1 Å². The summed E-state index contributed by atoms with van der Waals surface area (Å²) in [6, 6.07) is 17.3. The number of benzene rings is 3. The highest BCUT2D eigenvalue weighted by Gasteiger charge is 2.11. The van der Waals surface area contributed by atoms with E-state index < -0.39 is 17.9 Å². The van der Waals surface area contributed by atoms with E-state index in [-0.39, 0.29) is 6.61 Å². The van der Waals surface area contributed by atoms with Crippen LogP contribution < -0.4 is 9.47 Å². The van der Waals surface area contributed by atoms with E-state index in [2.05, 4.69) is 13.2 Å². The molecule has 0 atom stereocenters. The van der Waals surface area contributed by atoms with Gasteiger partial charge in [0, 0.05) is 17.6 Å². The lowest BCUT2D eigenvalue weighted by Crippen LogP contribution is -2.09. The van der Waals surface area contributed by atoms with Gasteiger partial charge >= 0.3 is 17.9 Å². The van der Waals surface area contributed by atoms with Gasteiger partial charge in [-0.15, -0.1) is 0 Å². The second-order valence-electron chi connectivity index (χ2n) is 7.59. The fraction of sp³-hybridized carbons (Fsp3) is 0.148. The van der Waals surface area contributed by atoms with Crippen molar-refractivity contribution in [2.45, 2.75) is 20.3 Å². The quantitative estimate of drug-likeness (QED) is 0.270. The topological polar surface area (TPSA) is 78.9 Å². The molecule has 0 aliphatic rings. The van der Waals surface area contributed by atoms with Crippen molar-refractivity contribution in [2.75, 3.05) is 6.61 Å². The first-order valence-electron chi connectivity index (χ1n) is 10.3. The lowest BCUT2D eigenvalue weighted by atomic mass is 10.1. The monoisotopic (exact) mass is 444 g/mol. The summed E-state index contributed by atoms with van der Waals surface area (Å²) in [5, 5.41) is 1.62. The van der Waals surface area contributed by atoms with Crippen molar-refractivity contribution in [3.63, 3.8) is 0 Å². The average Bonchev–Trinajstić information content (AvgIpc) is 2.79. The molecule has 3 aromatic carbocycles. The van der Waals surface area contributed by atoms with E-state index >= 15 is 0 Å². The molecule has 0 fully saturated rings. The molecule has 0 saturated heterocycles. The maximum Gasteiger partial charge on any atom is 0.343 e. The van der Waals surface area contributed by atoms with Crippen molar-refractivity contribution in [1.82, 2.24) is 0 Å². The van der Waals surface area contributed by atoms with Gasteiger partial charge in [-0.1, -0.05) is 37.4 Å². The van der Waals surface area contributed by atoms with Crippen molar-refractivity contribution in [2.24, 2.45) is 0 Å². The average molecular weight is 444 g/mol. The molecule has 0 aliphatic heterocycles. The Labute approximate surface area is 192 Å². The largest absolute Gasteiger partial charge is 0.462 e. The number of carbonyl (C=O) groups is 3. The van der Waals surface area contributed by atoms with Gasteiger partial charge in [0.15, 0.2) is 0 Å². The molecule has 0 radical (unpaired) electrons. The van der Waals surface area contributed by atoms with Gasteiger partial charge in [-0.3, -0.25) is 0 Å². The fourth-order valence-electron chi connectivity index (χ4n) is 2.88. The number of esters is 3. The van der Waals surface area contributed by atoms with Gasteiger partial charge < -0.3 is 14.2 Å². The van der Waals surface area contributed by atoms with Crippen LogP contribution >= 0.6 is 0 Å². The van der Waals surface area contributed by atoms with Crippen LogP contribution in [0.3, 0.4) is 0 Å². The van der Waals surface area contributed by atoms with Gasteiger partial charge in [0.1, 0.15) is 11.5 Å². The van der Waals surface area contributed by atoms with Crippen molar-refractivity contribution < 1.29 is 28.6 Å². The Morgan fingerprint density at radius 1 is 0.727 bits per heavy atom. The molecular formula is C27H24O6. The first-order valence-corrected chi connectivity index (χ1v) is 10.3. The van der Waals surface area contributed by atoms with Crippen molar-refractivity contribution in [3.8, 4) is 11.5 Å². The second-order valence-corrected chi connectivity index (χ2v) is 7.59. The van der Waals surface area contributed by atoms with E-state index in [4.69, 9.17) is 14.2 Å². The Kier molecular flexibility index (Phi) is 7.41. The van der Waals surface area contributed by atoms with E-state index in [0.717, 1.165) is 16.3 Å². The minimum Gasteiger partial charge on any atom is -0.462 e. The third-order valence-electron chi connectivity index (χ3n) is 4.71. The molecular weight excluding hydrogens is 420 g/mol. The molecule has 168 valence electrons. The zero-order valence-electron chi connectivity index (χ0n) is 18.6.